The first kappa shape index (κ1) is 22.0. The minimum absolute atomic E-state index is 0.0390. The van der Waals surface area contributed by atoms with Gasteiger partial charge in [-0.2, -0.15) is 0 Å². The molecule has 0 aliphatic carbocycles. The van der Waals surface area contributed by atoms with Gasteiger partial charge in [0.25, 0.3) is 0 Å². The molecule has 4 aromatic rings. The van der Waals surface area contributed by atoms with E-state index in [1.54, 1.807) is 11.1 Å². The van der Waals surface area contributed by atoms with Gasteiger partial charge in [0.2, 0.25) is 0 Å². The Hall–Kier alpha value is -3.80. The Labute approximate surface area is 199 Å². The molecule has 6 heteroatoms. The maximum absolute atomic E-state index is 13.3. The van der Waals surface area contributed by atoms with Crippen molar-refractivity contribution in [3.63, 3.8) is 0 Å². The van der Waals surface area contributed by atoms with E-state index in [2.05, 4.69) is 47.7 Å². The van der Waals surface area contributed by atoms with E-state index < -0.39 is 0 Å². The lowest BCUT2D eigenvalue weighted by Gasteiger charge is -2.23. The van der Waals surface area contributed by atoms with Crippen LogP contribution in [0.25, 0.3) is 16.6 Å². The third-order valence-corrected chi connectivity index (χ3v) is 6.73. The first-order valence-electron chi connectivity index (χ1n) is 11.8. The highest BCUT2D eigenvalue weighted by Gasteiger charge is 2.32. The summed E-state index contributed by atoms with van der Waals surface area (Å²) in [7, 11) is 0. The Morgan fingerprint density at radius 1 is 1.03 bits per heavy atom. The molecule has 0 unspecified atom stereocenters. The molecule has 1 atom stereocenters. The van der Waals surface area contributed by atoms with E-state index in [1.165, 1.54) is 0 Å². The van der Waals surface area contributed by atoms with Gasteiger partial charge in [0.05, 0.1) is 0 Å². The van der Waals surface area contributed by atoms with Crippen LogP contribution in [-0.2, 0) is 11.3 Å². The third kappa shape index (κ3) is 4.23. The Morgan fingerprint density at radius 2 is 1.79 bits per heavy atom. The summed E-state index contributed by atoms with van der Waals surface area (Å²) in [5.74, 6) is 0.0390. The fourth-order valence-electron chi connectivity index (χ4n) is 4.97. The SMILES string of the molecule is Cc1ccc(C)n1-c1ccc2[nH]cc(C(=O)C[C@@H]3CCCN3C(=O)OCc3ccccc3)c2c1. The zero-order valence-electron chi connectivity index (χ0n) is 19.6. The topological polar surface area (TPSA) is 67.3 Å². The van der Waals surface area contributed by atoms with Crippen LogP contribution in [0.5, 0.6) is 0 Å². The zero-order chi connectivity index (χ0) is 23.7. The molecular weight excluding hydrogens is 426 g/mol. The lowest BCUT2D eigenvalue weighted by Crippen LogP contribution is -2.37. The lowest BCUT2D eigenvalue weighted by molar-refractivity contribution is 0.0833. The Bertz CT molecular complexity index is 1320. The number of hydrogen-bond donors (Lipinski definition) is 1. The number of carbonyl (C=O) groups excluding carboxylic acids is 2. The molecule has 1 saturated heterocycles. The van der Waals surface area contributed by atoms with Crippen molar-refractivity contribution in [3.8, 4) is 5.69 Å². The van der Waals surface area contributed by atoms with Crippen molar-refractivity contribution >= 4 is 22.8 Å². The number of ether oxygens (including phenoxy) is 1. The number of nitrogens with zero attached hydrogens (tertiary/aromatic N) is 2. The number of H-pyrrole nitrogens is 1. The van der Waals surface area contributed by atoms with Gasteiger partial charge in [0.1, 0.15) is 6.61 Å². The highest BCUT2D eigenvalue weighted by atomic mass is 16.6. The monoisotopic (exact) mass is 455 g/mol. The predicted octanol–water partition coefficient (Wildman–Crippen LogP) is 5.95. The minimum Gasteiger partial charge on any atom is -0.445 e. The number of aromatic amines is 1. The predicted molar refractivity (Wildman–Crippen MR) is 132 cm³/mol. The largest absolute Gasteiger partial charge is 0.445 e. The van der Waals surface area contributed by atoms with Gasteiger partial charge in [0, 0.05) is 58.7 Å². The van der Waals surface area contributed by atoms with E-state index in [9.17, 15) is 9.59 Å². The van der Waals surface area contributed by atoms with Crippen LogP contribution in [0.2, 0.25) is 0 Å². The number of benzene rings is 2. The first-order valence-corrected chi connectivity index (χ1v) is 11.8. The van der Waals surface area contributed by atoms with Crippen LogP contribution in [0.3, 0.4) is 0 Å². The quantitative estimate of drug-likeness (QED) is 0.365. The number of nitrogens with one attached hydrogen (secondary N) is 1. The van der Waals surface area contributed by atoms with Gasteiger partial charge in [-0.15, -0.1) is 0 Å². The molecule has 2 aromatic heterocycles. The lowest BCUT2D eigenvalue weighted by atomic mass is 10.0. The molecule has 6 nitrogen and oxygen atoms in total. The van der Waals surface area contributed by atoms with E-state index >= 15 is 0 Å². The van der Waals surface area contributed by atoms with Crippen molar-refractivity contribution in [2.75, 3.05) is 6.54 Å². The highest BCUT2D eigenvalue weighted by molar-refractivity contribution is 6.08. The number of Topliss-reactive ketones (excluding diaryl/α,β-unsaturated/α-hetero) is 1. The summed E-state index contributed by atoms with van der Waals surface area (Å²) in [4.78, 5) is 31.0. The van der Waals surface area contributed by atoms with Crippen molar-refractivity contribution in [1.82, 2.24) is 14.5 Å². The van der Waals surface area contributed by atoms with Crippen LogP contribution >= 0.6 is 0 Å². The number of amides is 1. The average molecular weight is 456 g/mol. The molecule has 0 bridgehead atoms. The number of carbonyl (C=O) groups is 2. The minimum atomic E-state index is -0.348. The molecule has 2 aromatic carbocycles. The van der Waals surface area contributed by atoms with Crippen LogP contribution in [0.15, 0.2) is 66.9 Å². The van der Waals surface area contributed by atoms with Crippen LogP contribution in [0.1, 0.15) is 46.6 Å². The average Bonchev–Trinajstić information content (AvgIpc) is 3.56. The van der Waals surface area contributed by atoms with Gasteiger partial charge in [-0.1, -0.05) is 30.3 Å². The Balaban J connectivity index is 1.32. The summed E-state index contributed by atoms with van der Waals surface area (Å²) in [6, 6.07) is 19.8. The summed E-state index contributed by atoms with van der Waals surface area (Å²) < 4.78 is 7.71. The molecule has 0 radical (unpaired) electrons. The Kier molecular flexibility index (Phi) is 5.97. The van der Waals surface area contributed by atoms with E-state index in [4.69, 9.17) is 4.74 Å². The molecule has 1 aliphatic heterocycles. The standard InChI is InChI=1S/C28H29N3O3/c1-19-10-11-20(2)31(19)23-12-13-26-24(15-23)25(17-29-26)27(32)16-22-9-6-14-30(22)28(33)34-18-21-7-4-3-5-8-21/h3-5,7-8,10-13,15,17,22,29H,6,9,14,16,18H2,1-2H3/t22-/m0/s1. The van der Waals surface area contributed by atoms with Gasteiger partial charge in [-0.25, -0.2) is 4.79 Å². The van der Waals surface area contributed by atoms with Crippen LogP contribution in [0, 0.1) is 13.8 Å². The van der Waals surface area contributed by atoms with Crippen LogP contribution in [-0.4, -0.2) is 38.9 Å². The zero-order valence-corrected chi connectivity index (χ0v) is 19.6. The molecular formula is C28H29N3O3. The molecule has 1 amide bonds. The number of likely N-dealkylation sites (tertiary alicyclic amines) is 1. The number of hydrogen-bond acceptors (Lipinski definition) is 3. The van der Waals surface area contributed by atoms with E-state index in [0.717, 1.165) is 46.4 Å². The first-order chi connectivity index (χ1) is 16.5. The molecule has 1 aliphatic rings. The molecule has 3 heterocycles. The van der Waals surface area contributed by atoms with Gasteiger partial charge in [-0.05, 0) is 62.6 Å². The molecule has 5 rings (SSSR count). The maximum Gasteiger partial charge on any atom is 0.410 e. The van der Waals surface area contributed by atoms with E-state index in [0.29, 0.717) is 18.5 Å². The molecule has 1 fully saturated rings. The third-order valence-electron chi connectivity index (χ3n) is 6.73. The second-order valence-corrected chi connectivity index (χ2v) is 9.04. The number of aryl methyl sites for hydroxylation is 2. The number of aromatic nitrogens is 2. The van der Waals surface area contributed by atoms with E-state index in [1.807, 2.05) is 36.4 Å². The summed E-state index contributed by atoms with van der Waals surface area (Å²) in [6.07, 6.45) is 3.42. The van der Waals surface area contributed by atoms with Crippen molar-refractivity contribution in [1.29, 1.82) is 0 Å². The van der Waals surface area contributed by atoms with E-state index in [-0.39, 0.29) is 24.5 Å². The summed E-state index contributed by atoms with van der Waals surface area (Å²) in [5, 5.41) is 0.909. The van der Waals surface area contributed by atoms with Crippen LogP contribution in [0.4, 0.5) is 4.79 Å². The molecule has 1 N–H and O–H groups in total. The smallest absolute Gasteiger partial charge is 0.410 e. The normalized spacial score (nSPS) is 15.7. The van der Waals surface area contributed by atoms with Crippen molar-refractivity contribution < 1.29 is 14.3 Å². The van der Waals surface area contributed by atoms with Gasteiger partial charge < -0.3 is 19.2 Å². The molecule has 0 saturated carbocycles. The molecule has 34 heavy (non-hydrogen) atoms. The van der Waals surface area contributed by atoms with Crippen molar-refractivity contribution in [2.45, 2.75) is 45.8 Å². The van der Waals surface area contributed by atoms with Gasteiger partial charge in [0.15, 0.2) is 5.78 Å². The van der Waals surface area contributed by atoms with Gasteiger partial charge in [-0.3, -0.25) is 4.79 Å². The fourth-order valence-corrected chi connectivity index (χ4v) is 4.97. The van der Waals surface area contributed by atoms with Gasteiger partial charge >= 0.3 is 6.09 Å². The maximum atomic E-state index is 13.3. The van der Waals surface area contributed by atoms with Crippen LogP contribution < -0.4 is 0 Å². The number of fused-ring (bicyclic) bond motifs is 1. The molecule has 0 spiro atoms. The second-order valence-electron chi connectivity index (χ2n) is 9.04. The van der Waals surface area contributed by atoms with Crippen molar-refractivity contribution in [2.24, 2.45) is 0 Å². The summed E-state index contributed by atoms with van der Waals surface area (Å²) >= 11 is 0. The molecule has 174 valence electrons. The highest BCUT2D eigenvalue weighted by Crippen LogP contribution is 2.28. The number of rotatable bonds is 6. The second kappa shape index (κ2) is 9.21. The summed E-state index contributed by atoms with van der Waals surface area (Å²) in [5.41, 5.74) is 5.88. The number of ketones is 1. The fraction of sp³-hybridized carbons (Fsp3) is 0.286. The summed E-state index contributed by atoms with van der Waals surface area (Å²) in [6.45, 7) is 5.01. The Morgan fingerprint density at radius 3 is 2.56 bits per heavy atom. The van der Waals surface area contributed by atoms with Crippen molar-refractivity contribution in [3.05, 3.63) is 89.4 Å².